The van der Waals surface area contributed by atoms with E-state index in [1.807, 2.05) is 56.8 Å². The van der Waals surface area contributed by atoms with Crippen molar-refractivity contribution in [1.82, 2.24) is 14.7 Å². The van der Waals surface area contributed by atoms with Crippen molar-refractivity contribution < 1.29 is 9.53 Å². The van der Waals surface area contributed by atoms with Gasteiger partial charge in [0.05, 0.1) is 12.7 Å². The Balaban J connectivity index is 1.57. The molecule has 0 saturated carbocycles. The van der Waals surface area contributed by atoms with Crippen LogP contribution in [-0.2, 0) is 18.3 Å². The van der Waals surface area contributed by atoms with Gasteiger partial charge < -0.3 is 4.74 Å². The van der Waals surface area contributed by atoms with Gasteiger partial charge in [0.2, 0.25) is 0 Å². The lowest BCUT2D eigenvalue weighted by molar-refractivity contribution is 0.115. The molecule has 1 fully saturated rings. The van der Waals surface area contributed by atoms with E-state index in [-0.39, 0.29) is 12.2 Å². The van der Waals surface area contributed by atoms with Gasteiger partial charge in [0, 0.05) is 37.6 Å². The summed E-state index contributed by atoms with van der Waals surface area (Å²) >= 11 is 0. The summed E-state index contributed by atoms with van der Waals surface area (Å²) in [6.45, 7) is 2.07. The van der Waals surface area contributed by atoms with Crippen LogP contribution in [0.4, 0.5) is 10.5 Å². The van der Waals surface area contributed by atoms with Crippen molar-refractivity contribution in [2.75, 3.05) is 25.0 Å². The third-order valence-corrected chi connectivity index (χ3v) is 3.67. The van der Waals surface area contributed by atoms with Gasteiger partial charge in [-0.05, 0) is 19.2 Å². The molecule has 1 saturated heterocycles. The molecule has 0 bridgehead atoms. The molecule has 6 heteroatoms. The molecule has 1 unspecified atom stereocenters. The van der Waals surface area contributed by atoms with E-state index in [4.69, 9.17) is 4.74 Å². The number of cyclic esters (lactones) is 1. The highest BCUT2D eigenvalue weighted by Gasteiger charge is 2.32. The number of benzene rings is 1. The maximum absolute atomic E-state index is 12.0. The molecule has 1 atom stereocenters. The van der Waals surface area contributed by atoms with Gasteiger partial charge in [-0.25, -0.2) is 4.79 Å². The molecule has 1 aliphatic rings. The smallest absolute Gasteiger partial charge is 0.414 e. The lowest BCUT2D eigenvalue weighted by Crippen LogP contribution is -2.32. The molecule has 1 aromatic heterocycles. The third kappa shape index (κ3) is 3.28. The van der Waals surface area contributed by atoms with Crippen LogP contribution in [0.15, 0.2) is 42.7 Å². The minimum absolute atomic E-state index is 0.116. The number of likely N-dealkylation sites (N-methyl/N-ethyl adjacent to an activating group) is 1. The molecule has 1 aromatic carbocycles. The Hall–Kier alpha value is -2.34. The van der Waals surface area contributed by atoms with E-state index in [1.54, 1.807) is 9.58 Å². The SMILES string of the molecule is CN(Cc1cnn(C)c1)CC1CN(c2ccccc2)C(=O)O1. The molecule has 0 aliphatic carbocycles. The quantitative estimate of drug-likeness (QED) is 0.846. The highest BCUT2D eigenvalue weighted by Crippen LogP contribution is 2.21. The van der Waals surface area contributed by atoms with Gasteiger partial charge >= 0.3 is 6.09 Å². The fourth-order valence-electron chi connectivity index (χ4n) is 2.71. The first kappa shape index (κ1) is 14.6. The minimum Gasteiger partial charge on any atom is -0.443 e. The van der Waals surface area contributed by atoms with Crippen LogP contribution in [-0.4, -0.2) is 47.0 Å². The number of amides is 1. The maximum atomic E-state index is 12.0. The van der Waals surface area contributed by atoms with Gasteiger partial charge in [-0.15, -0.1) is 0 Å². The second-order valence-corrected chi connectivity index (χ2v) is 5.67. The van der Waals surface area contributed by atoms with E-state index >= 15 is 0 Å². The van der Waals surface area contributed by atoms with E-state index in [9.17, 15) is 4.79 Å². The zero-order chi connectivity index (χ0) is 15.5. The number of anilines is 1. The average Bonchev–Trinajstić information content (AvgIpc) is 3.05. The molecule has 6 nitrogen and oxygen atoms in total. The minimum atomic E-state index is -0.272. The lowest BCUT2D eigenvalue weighted by Gasteiger charge is -2.19. The highest BCUT2D eigenvalue weighted by atomic mass is 16.6. The molecular weight excluding hydrogens is 280 g/mol. The summed E-state index contributed by atoms with van der Waals surface area (Å²) in [6, 6.07) is 9.62. The van der Waals surface area contributed by atoms with Crippen LogP contribution in [0.3, 0.4) is 0 Å². The fraction of sp³-hybridized carbons (Fsp3) is 0.375. The van der Waals surface area contributed by atoms with Crippen molar-refractivity contribution in [3.63, 3.8) is 0 Å². The van der Waals surface area contributed by atoms with Gasteiger partial charge in [-0.3, -0.25) is 14.5 Å². The number of carbonyl (C=O) groups excluding carboxylic acids is 1. The van der Waals surface area contributed by atoms with Crippen LogP contribution in [0.1, 0.15) is 5.56 Å². The first-order valence-corrected chi connectivity index (χ1v) is 7.31. The van der Waals surface area contributed by atoms with Crippen LogP contribution < -0.4 is 4.90 Å². The van der Waals surface area contributed by atoms with Gasteiger partial charge in [-0.2, -0.15) is 5.10 Å². The summed E-state index contributed by atoms with van der Waals surface area (Å²) in [4.78, 5) is 15.8. The van der Waals surface area contributed by atoms with Gasteiger partial charge in [-0.1, -0.05) is 18.2 Å². The number of hydrogen-bond donors (Lipinski definition) is 0. The molecule has 1 aliphatic heterocycles. The molecular formula is C16H20N4O2. The molecule has 0 radical (unpaired) electrons. The Labute approximate surface area is 129 Å². The predicted octanol–water partition coefficient (Wildman–Crippen LogP) is 1.88. The monoisotopic (exact) mass is 300 g/mol. The van der Waals surface area contributed by atoms with Gasteiger partial charge in [0.15, 0.2) is 0 Å². The van der Waals surface area contributed by atoms with Crippen LogP contribution in [0.2, 0.25) is 0 Å². The van der Waals surface area contributed by atoms with Crippen LogP contribution in [0.5, 0.6) is 0 Å². The Kier molecular flexibility index (Phi) is 4.11. The first-order chi connectivity index (χ1) is 10.6. The standard InChI is InChI=1S/C16H20N4O2/c1-18(9-13-8-17-19(2)10-13)11-15-12-20(16(21)22-15)14-6-4-3-5-7-14/h3-8,10,15H,9,11-12H2,1-2H3. The number of aromatic nitrogens is 2. The average molecular weight is 300 g/mol. The maximum Gasteiger partial charge on any atom is 0.414 e. The summed E-state index contributed by atoms with van der Waals surface area (Å²) in [5.41, 5.74) is 2.03. The van der Waals surface area contributed by atoms with Gasteiger partial charge in [0.25, 0.3) is 0 Å². The summed E-state index contributed by atoms with van der Waals surface area (Å²) in [6.07, 6.45) is 3.46. The number of aryl methyl sites for hydroxylation is 1. The number of para-hydroxylation sites is 1. The zero-order valence-electron chi connectivity index (χ0n) is 12.8. The summed E-state index contributed by atoms with van der Waals surface area (Å²) in [5, 5.41) is 4.16. The van der Waals surface area contributed by atoms with Crippen molar-refractivity contribution in [3.05, 3.63) is 48.3 Å². The normalized spacial score (nSPS) is 18.0. The van der Waals surface area contributed by atoms with Crippen molar-refractivity contribution in [2.24, 2.45) is 7.05 Å². The molecule has 2 heterocycles. The van der Waals surface area contributed by atoms with Crippen LogP contribution in [0, 0.1) is 0 Å². The number of hydrogen-bond acceptors (Lipinski definition) is 4. The number of carbonyl (C=O) groups is 1. The summed E-state index contributed by atoms with van der Waals surface area (Å²) in [5.74, 6) is 0. The lowest BCUT2D eigenvalue weighted by atomic mass is 10.2. The third-order valence-electron chi connectivity index (χ3n) is 3.67. The van der Waals surface area contributed by atoms with E-state index in [1.165, 1.54) is 0 Å². The van der Waals surface area contributed by atoms with Crippen LogP contribution >= 0.6 is 0 Å². The van der Waals surface area contributed by atoms with E-state index in [0.29, 0.717) is 13.1 Å². The Morgan fingerprint density at radius 2 is 2.14 bits per heavy atom. The van der Waals surface area contributed by atoms with Crippen molar-refractivity contribution >= 4 is 11.8 Å². The number of rotatable bonds is 5. The number of nitrogens with zero attached hydrogens (tertiary/aromatic N) is 4. The van der Waals surface area contributed by atoms with E-state index in [2.05, 4.69) is 10.00 Å². The molecule has 2 aromatic rings. The van der Waals surface area contributed by atoms with Crippen molar-refractivity contribution in [2.45, 2.75) is 12.6 Å². The zero-order valence-corrected chi connectivity index (χ0v) is 12.8. The van der Waals surface area contributed by atoms with Crippen molar-refractivity contribution in [3.8, 4) is 0 Å². The van der Waals surface area contributed by atoms with E-state index < -0.39 is 0 Å². The topological polar surface area (TPSA) is 50.6 Å². The summed E-state index contributed by atoms with van der Waals surface area (Å²) in [7, 11) is 3.92. The Morgan fingerprint density at radius 3 is 2.82 bits per heavy atom. The Bertz CT molecular complexity index is 641. The van der Waals surface area contributed by atoms with Gasteiger partial charge in [0.1, 0.15) is 6.10 Å². The Morgan fingerprint density at radius 1 is 1.36 bits per heavy atom. The van der Waals surface area contributed by atoms with E-state index in [0.717, 1.165) is 17.8 Å². The molecule has 3 rings (SSSR count). The van der Waals surface area contributed by atoms with Crippen LogP contribution in [0.25, 0.3) is 0 Å². The molecule has 0 spiro atoms. The molecule has 1 amide bonds. The largest absolute Gasteiger partial charge is 0.443 e. The van der Waals surface area contributed by atoms with Crippen molar-refractivity contribution in [1.29, 1.82) is 0 Å². The molecule has 0 N–H and O–H groups in total. The second kappa shape index (κ2) is 6.19. The predicted molar refractivity (Wildman–Crippen MR) is 83.6 cm³/mol. The molecule has 22 heavy (non-hydrogen) atoms. The fourth-order valence-corrected chi connectivity index (χ4v) is 2.71. The summed E-state index contributed by atoms with van der Waals surface area (Å²) < 4.78 is 7.25. The second-order valence-electron chi connectivity index (χ2n) is 5.67. The number of ether oxygens (including phenoxy) is 1. The molecule has 116 valence electrons. The first-order valence-electron chi connectivity index (χ1n) is 7.31. The highest BCUT2D eigenvalue weighted by molar-refractivity contribution is 5.89.